The van der Waals surface area contributed by atoms with Crippen LogP contribution in [0.15, 0.2) is 45.9 Å². The summed E-state index contributed by atoms with van der Waals surface area (Å²) in [5.41, 5.74) is 2.51. The van der Waals surface area contributed by atoms with Crippen LogP contribution in [0.3, 0.4) is 0 Å². The Balaban J connectivity index is 1.99. The second-order valence-corrected chi connectivity index (χ2v) is 5.21. The number of hydrogen-bond acceptors (Lipinski definition) is 5. The van der Waals surface area contributed by atoms with E-state index in [1.54, 1.807) is 24.0 Å². The van der Waals surface area contributed by atoms with Crippen molar-refractivity contribution in [1.29, 1.82) is 0 Å². The lowest BCUT2D eigenvalue weighted by molar-refractivity contribution is 1.03. The summed E-state index contributed by atoms with van der Waals surface area (Å²) >= 11 is 5.09. The molecular weight excluding hydrogens is 300 g/mol. The summed E-state index contributed by atoms with van der Waals surface area (Å²) in [5.74, 6) is 7.40. The molecule has 1 aromatic carbocycles. The largest absolute Gasteiger partial charge is 0.308 e. The molecule has 0 radical (unpaired) electrons. The van der Waals surface area contributed by atoms with Crippen molar-refractivity contribution in [3.05, 3.63) is 46.8 Å². The minimum absolute atomic E-state index is 0.631. The Morgan fingerprint density at radius 2 is 2.00 bits per heavy atom. The van der Waals surface area contributed by atoms with E-state index in [-0.39, 0.29) is 0 Å². The van der Waals surface area contributed by atoms with E-state index in [4.69, 9.17) is 5.84 Å². The summed E-state index contributed by atoms with van der Waals surface area (Å²) in [6.45, 7) is 0. The predicted molar refractivity (Wildman–Crippen MR) is 73.5 cm³/mol. The number of rotatable bonds is 4. The standard InChI is InChI=1S/C11H11BrN4S/c12-8-1-3-9(4-2-8)17-7-11-14-6-5-10(15-11)16-13/h1-6H,7,13H2,(H,14,15,16). The number of halogens is 1. The van der Waals surface area contributed by atoms with Gasteiger partial charge in [0, 0.05) is 21.6 Å². The zero-order valence-corrected chi connectivity index (χ0v) is 11.3. The third-order valence-electron chi connectivity index (χ3n) is 2.03. The van der Waals surface area contributed by atoms with E-state index in [2.05, 4.69) is 43.5 Å². The molecule has 0 aliphatic carbocycles. The van der Waals surface area contributed by atoms with Crippen molar-refractivity contribution < 1.29 is 0 Å². The Morgan fingerprint density at radius 3 is 2.71 bits per heavy atom. The Kier molecular flexibility index (Phi) is 4.36. The Bertz CT molecular complexity index is 489. The number of anilines is 1. The van der Waals surface area contributed by atoms with E-state index in [0.29, 0.717) is 5.82 Å². The number of thioether (sulfide) groups is 1. The van der Waals surface area contributed by atoms with Gasteiger partial charge in [0.1, 0.15) is 11.6 Å². The van der Waals surface area contributed by atoms with Gasteiger partial charge in [-0.15, -0.1) is 11.8 Å². The maximum absolute atomic E-state index is 5.29. The van der Waals surface area contributed by atoms with Crippen molar-refractivity contribution in [1.82, 2.24) is 9.97 Å². The number of nitrogen functional groups attached to an aromatic ring is 1. The molecule has 0 saturated carbocycles. The lowest BCUT2D eigenvalue weighted by atomic mass is 10.4. The minimum atomic E-state index is 0.631. The Morgan fingerprint density at radius 1 is 1.24 bits per heavy atom. The highest BCUT2D eigenvalue weighted by molar-refractivity contribution is 9.10. The van der Waals surface area contributed by atoms with Crippen molar-refractivity contribution in [2.75, 3.05) is 5.43 Å². The van der Waals surface area contributed by atoms with Gasteiger partial charge in [-0.2, -0.15) is 0 Å². The van der Waals surface area contributed by atoms with E-state index in [1.165, 1.54) is 4.90 Å². The fourth-order valence-electron chi connectivity index (χ4n) is 1.23. The summed E-state index contributed by atoms with van der Waals surface area (Å²) in [7, 11) is 0. The number of hydrogen-bond donors (Lipinski definition) is 2. The number of nitrogens with one attached hydrogen (secondary N) is 1. The van der Waals surface area contributed by atoms with Crippen LogP contribution in [0.1, 0.15) is 5.82 Å². The van der Waals surface area contributed by atoms with Gasteiger partial charge in [-0.25, -0.2) is 15.8 Å². The van der Waals surface area contributed by atoms with Crippen LogP contribution in [0.4, 0.5) is 5.82 Å². The number of benzene rings is 1. The molecule has 0 aliphatic heterocycles. The molecule has 0 saturated heterocycles. The van der Waals surface area contributed by atoms with Crippen LogP contribution in [0.25, 0.3) is 0 Å². The summed E-state index contributed by atoms with van der Waals surface area (Å²) < 4.78 is 1.08. The van der Waals surface area contributed by atoms with E-state index in [9.17, 15) is 0 Å². The minimum Gasteiger partial charge on any atom is -0.308 e. The molecule has 1 heterocycles. The van der Waals surface area contributed by atoms with Crippen LogP contribution in [0, 0.1) is 0 Å². The van der Waals surface area contributed by atoms with Crippen molar-refractivity contribution in [2.24, 2.45) is 5.84 Å². The average molecular weight is 311 g/mol. The average Bonchev–Trinajstić information content (AvgIpc) is 2.38. The SMILES string of the molecule is NNc1ccnc(CSc2ccc(Br)cc2)n1. The number of nitrogens with two attached hydrogens (primary N) is 1. The van der Waals surface area contributed by atoms with E-state index >= 15 is 0 Å². The van der Waals surface area contributed by atoms with Gasteiger partial charge in [-0.3, -0.25) is 0 Å². The highest BCUT2D eigenvalue weighted by Crippen LogP contribution is 2.23. The first-order chi connectivity index (χ1) is 8.28. The van der Waals surface area contributed by atoms with E-state index in [1.807, 2.05) is 12.1 Å². The monoisotopic (exact) mass is 310 g/mol. The molecule has 2 rings (SSSR count). The van der Waals surface area contributed by atoms with Crippen molar-refractivity contribution in [3.63, 3.8) is 0 Å². The van der Waals surface area contributed by atoms with Crippen molar-refractivity contribution >= 4 is 33.5 Å². The normalized spacial score (nSPS) is 10.2. The second-order valence-electron chi connectivity index (χ2n) is 3.25. The molecule has 0 bridgehead atoms. The molecule has 0 amide bonds. The maximum Gasteiger partial charge on any atom is 0.143 e. The highest BCUT2D eigenvalue weighted by Gasteiger charge is 2.00. The van der Waals surface area contributed by atoms with Crippen LogP contribution in [-0.2, 0) is 5.75 Å². The topological polar surface area (TPSA) is 63.8 Å². The first kappa shape index (κ1) is 12.3. The van der Waals surface area contributed by atoms with Crippen molar-refractivity contribution in [3.8, 4) is 0 Å². The molecule has 3 N–H and O–H groups in total. The summed E-state index contributed by atoms with van der Waals surface area (Å²) in [6, 6.07) is 9.87. The third kappa shape index (κ3) is 3.69. The smallest absolute Gasteiger partial charge is 0.143 e. The predicted octanol–water partition coefficient (Wildman–Crippen LogP) is 2.82. The molecule has 0 fully saturated rings. The molecule has 2 aromatic rings. The van der Waals surface area contributed by atoms with Crippen LogP contribution in [0.5, 0.6) is 0 Å². The third-order valence-corrected chi connectivity index (χ3v) is 3.57. The number of hydrazine groups is 1. The molecule has 17 heavy (non-hydrogen) atoms. The Hall–Kier alpha value is -1.11. The molecule has 0 aliphatic rings. The molecular formula is C11H11BrN4S. The maximum atomic E-state index is 5.29. The second kappa shape index (κ2) is 6.00. The lowest BCUT2D eigenvalue weighted by Gasteiger charge is -2.03. The van der Waals surface area contributed by atoms with Gasteiger partial charge in [-0.05, 0) is 24.3 Å². The van der Waals surface area contributed by atoms with Gasteiger partial charge in [0.2, 0.25) is 0 Å². The number of aromatic nitrogens is 2. The van der Waals surface area contributed by atoms with Crippen LogP contribution >= 0.6 is 27.7 Å². The molecule has 88 valence electrons. The van der Waals surface area contributed by atoms with Crippen LogP contribution in [-0.4, -0.2) is 9.97 Å². The van der Waals surface area contributed by atoms with E-state index in [0.717, 1.165) is 16.0 Å². The molecule has 4 nitrogen and oxygen atoms in total. The van der Waals surface area contributed by atoms with E-state index < -0.39 is 0 Å². The van der Waals surface area contributed by atoms with Gasteiger partial charge >= 0.3 is 0 Å². The summed E-state index contributed by atoms with van der Waals surface area (Å²) in [5, 5.41) is 0. The molecule has 0 unspecified atom stereocenters. The van der Waals surface area contributed by atoms with Crippen LogP contribution < -0.4 is 11.3 Å². The van der Waals surface area contributed by atoms with Crippen molar-refractivity contribution in [2.45, 2.75) is 10.6 Å². The zero-order valence-electron chi connectivity index (χ0n) is 8.93. The van der Waals surface area contributed by atoms with Gasteiger partial charge in [0.15, 0.2) is 0 Å². The first-order valence-electron chi connectivity index (χ1n) is 4.95. The quantitative estimate of drug-likeness (QED) is 0.516. The van der Waals surface area contributed by atoms with Gasteiger partial charge < -0.3 is 5.43 Å². The number of nitrogens with zero attached hydrogens (tertiary/aromatic N) is 2. The molecule has 0 atom stereocenters. The lowest BCUT2D eigenvalue weighted by Crippen LogP contribution is -2.09. The molecule has 1 aromatic heterocycles. The highest BCUT2D eigenvalue weighted by atomic mass is 79.9. The molecule has 0 spiro atoms. The molecule has 6 heteroatoms. The fraction of sp³-hybridized carbons (Fsp3) is 0.0909. The van der Waals surface area contributed by atoms with Gasteiger partial charge in [0.05, 0.1) is 5.75 Å². The summed E-state index contributed by atoms with van der Waals surface area (Å²) in [6.07, 6.45) is 1.69. The first-order valence-corrected chi connectivity index (χ1v) is 6.73. The fourth-order valence-corrected chi connectivity index (χ4v) is 2.26. The van der Waals surface area contributed by atoms with Gasteiger partial charge in [-0.1, -0.05) is 15.9 Å². The Labute approximate surface area is 112 Å². The van der Waals surface area contributed by atoms with Crippen LogP contribution in [0.2, 0.25) is 0 Å². The zero-order chi connectivity index (χ0) is 12.1. The summed E-state index contributed by atoms with van der Waals surface area (Å²) in [4.78, 5) is 9.61. The van der Waals surface area contributed by atoms with Gasteiger partial charge in [0.25, 0.3) is 0 Å².